The van der Waals surface area contributed by atoms with Crippen LogP contribution in [0.25, 0.3) is 0 Å². The number of aromatic nitrogens is 5. The Morgan fingerprint density at radius 1 is 1.61 bits per heavy atom. The Balaban J connectivity index is 1.89. The summed E-state index contributed by atoms with van der Waals surface area (Å²) in [6.07, 6.45) is 5.01. The first kappa shape index (κ1) is 12.6. The average Bonchev–Trinajstić information content (AvgIpc) is 3.00. The largest absolute Gasteiger partial charge is 0.460 e. The molecule has 0 atom stereocenters. The second kappa shape index (κ2) is 6.20. The number of esters is 1. The highest BCUT2D eigenvalue weighted by atomic mass is 32.2. The summed E-state index contributed by atoms with van der Waals surface area (Å²) in [6, 6.07) is 0. The molecule has 2 aromatic heterocycles. The van der Waals surface area contributed by atoms with Crippen molar-refractivity contribution in [3.8, 4) is 0 Å². The quantitative estimate of drug-likeness (QED) is 0.620. The van der Waals surface area contributed by atoms with Crippen LogP contribution in [-0.2, 0) is 11.3 Å². The van der Waals surface area contributed by atoms with E-state index in [4.69, 9.17) is 4.74 Å². The Hall–Kier alpha value is -1.83. The summed E-state index contributed by atoms with van der Waals surface area (Å²) >= 11 is 1.55. The van der Waals surface area contributed by atoms with Crippen molar-refractivity contribution >= 4 is 17.7 Å². The Kier molecular flexibility index (Phi) is 4.35. The molecule has 0 unspecified atom stereocenters. The number of aromatic amines is 1. The molecule has 8 heteroatoms. The van der Waals surface area contributed by atoms with E-state index in [0.717, 1.165) is 10.8 Å². The van der Waals surface area contributed by atoms with Crippen LogP contribution in [0.4, 0.5) is 0 Å². The zero-order valence-corrected chi connectivity index (χ0v) is 10.7. The predicted octanol–water partition coefficient (Wildman–Crippen LogP) is 0.970. The summed E-state index contributed by atoms with van der Waals surface area (Å²) in [6.45, 7) is 2.77. The van der Waals surface area contributed by atoms with E-state index in [1.807, 2.05) is 0 Å². The fourth-order valence-corrected chi connectivity index (χ4v) is 2.11. The molecule has 0 fully saturated rings. The second-order valence-corrected chi connectivity index (χ2v) is 4.44. The van der Waals surface area contributed by atoms with E-state index in [-0.39, 0.29) is 0 Å². The highest BCUT2D eigenvalue weighted by molar-refractivity contribution is 7.99. The highest BCUT2D eigenvalue weighted by Crippen LogP contribution is 2.13. The Labute approximate surface area is 108 Å². The van der Waals surface area contributed by atoms with Crippen molar-refractivity contribution in [3.63, 3.8) is 0 Å². The lowest BCUT2D eigenvalue weighted by Crippen LogP contribution is -2.14. The topological polar surface area (TPSA) is 85.7 Å². The van der Waals surface area contributed by atoms with Crippen LogP contribution >= 0.6 is 11.8 Å². The normalized spacial score (nSPS) is 10.5. The van der Waals surface area contributed by atoms with Crippen LogP contribution < -0.4 is 0 Å². The van der Waals surface area contributed by atoms with Gasteiger partial charge in [0.1, 0.15) is 5.03 Å². The molecule has 0 aromatic carbocycles. The summed E-state index contributed by atoms with van der Waals surface area (Å²) in [7, 11) is 0. The monoisotopic (exact) mass is 267 g/mol. The highest BCUT2D eigenvalue weighted by Gasteiger charge is 2.13. The van der Waals surface area contributed by atoms with E-state index in [1.165, 1.54) is 0 Å². The number of hydrogen-bond acceptors (Lipinski definition) is 6. The Morgan fingerprint density at radius 3 is 3.22 bits per heavy atom. The minimum absolute atomic E-state index is 0.331. The van der Waals surface area contributed by atoms with Crippen LogP contribution in [0.3, 0.4) is 0 Å². The molecular weight excluding hydrogens is 254 g/mol. The number of rotatable bonds is 6. The van der Waals surface area contributed by atoms with E-state index in [0.29, 0.717) is 19.0 Å². The van der Waals surface area contributed by atoms with Crippen molar-refractivity contribution < 1.29 is 9.53 Å². The fourth-order valence-electron chi connectivity index (χ4n) is 1.38. The van der Waals surface area contributed by atoms with Gasteiger partial charge in [-0.25, -0.2) is 9.78 Å². The van der Waals surface area contributed by atoms with Gasteiger partial charge in [0.05, 0.1) is 12.8 Å². The molecule has 0 aliphatic heterocycles. The molecule has 0 saturated carbocycles. The first-order valence-corrected chi connectivity index (χ1v) is 6.46. The van der Waals surface area contributed by atoms with Gasteiger partial charge in [-0.15, -0.1) is 16.9 Å². The number of carbonyl (C=O) groups excluding carboxylic acids is 1. The molecule has 2 heterocycles. The number of hydrogen-bond donors (Lipinski definition) is 1. The molecule has 0 saturated heterocycles. The molecule has 96 valence electrons. The first-order valence-electron chi connectivity index (χ1n) is 5.48. The SMILES string of the molecule is CCOC(=O)c1nccn1CCSc1cn[nH]n1. The third-order valence-corrected chi connectivity index (χ3v) is 3.03. The third kappa shape index (κ3) is 3.10. The van der Waals surface area contributed by atoms with E-state index in [2.05, 4.69) is 20.4 Å². The minimum atomic E-state index is -0.395. The molecule has 0 amide bonds. The molecule has 2 aromatic rings. The molecule has 1 N–H and O–H groups in total. The van der Waals surface area contributed by atoms with E-state index in [9.17, 15) is 4.79 Å². The van der Waals surface area contributed by atoms with Crippen LogP contribution in [0.5, 0.6) is 0 Å². The van der Waals surface area contributed by atoms with Gasteiger partial charge in [-0.2, -0.15) is 10.3 Å². The number of nitrogens with one attached hydrogen (secondary N) is 1. The van der Waals surface area contributed by atoms with Gasteiger partial charge < -0.3 is 9.30 Å². The Bertz CT molecular complexity index is 496. The molecule has 7 nitrogen and oxygen atoms in total. The van der Waals surface area contributed by atoms with Crippen molar-refractivity contribution in [2.75, 3.05) is 12.4 Å². The third-order valence-electron chi connectivity index (χ3n) is 2.15. The molecule has 0 bridgehead atoms. The number of carbonyl (C=O) groups is 1. The zero-order valence-electron chi connectivity index (χ0n) is 9.87. The molecule has 0 radical (unpaired) electrons. The lowest BCUT2D eigenvalue weighted by Gasteiger charge is -2.05. The summed E-state index contributed by atoms with van der Waals surface area (Å²) in [5, 5.41) is 11.0. The predicted molar refractivity (Wildman–Crippen MR) is 65.3 cm³/mol. The first-order chi connectivity index (χ1) is 8.81. The van der Waals surface area contributed by atoms with Gasteiger partial charge in [0.15, 0.2) is 0 Å². The van der Waals surface area contributed by atoms with Crippen molar-refractivity contribution in [2.24, 2.45) is 0 Å². The van der Waals surface area contributed by atoms with Crippen molar-refractivity contribution in [1.82, 2.24) is 25.0 Å². The molecule has 0 aliphatic carbocycles. The van der Waals surface area contributed by atoms with Crippen LogP contribution in [0, 0.1) is 0 Å². The van der Waals surface area contributed by atoms with Crippen LogP contribution in [-0.4, -0.2) is 43.3 Å². The summed E-state index contributed by atoms with van der Waals surface area (Å²) in [4.78, 5) is 15.6. The summed E-state index contributed by atoms with van der Waals surface area (Å²) < 4.78 is 6.69. The maximum absolute atomic E-state index is 11.6. The van der Waals surface area contributed by atoms with Gasteiger partial charge in [-0.05, 0) is 6.92 Å². The van der Waals surface area contributed by atoms with Crippen LogP contribution in [0.15, 0.2) is 23.6 Å². The summed E-state index contributed by atoms with van der Waals surface area (Å²) in [5.74, 6) is 0.710. The molecule has 0 aliphatic rings. The number of nitrogens with zero attached hydrogens (tertiary/aromatic N) is 4. The van der Waals surface area contributed by atoms with Crippen molar-refractivity contribution in [1.29, 1.82) is 0 Å². The maximum atomic E-state index is 11.6. The molecule has 2 rings (SSSR count). The number of H-pyrrole nitrogens is 1. The second-order valence-electron chi connectivity index (χ2n) is 3.32. The number of imidazole rings is 1. The molecule has 18 heavy (non-hydrogen) atoms. The molecule has 0 spiro atoms. The average molecular weight is 267 g/mol. The van der Waals surface area contributed by atoms with Crippen LogP contribution in [0.1, 0.15) is 17.5 Å². The number of aryl methyl sites for hydroxylation is 1. The van der Waals surface area contributed by atoms with Gasteiger partial charge >= 0.3 is 5.97 Å². The lowest BCUT2D eigenvalue weighted by atomic mass is 10.5. The standard InChI is InChI=1S/C10H13N5O2S/c1-2-17-10(16)9-11-3-4-15(9)5-6-18-8-7-12-14-13-8/h3-4,7H,2,5-6H2,1H3,(H,12,13,14). The van der Waals surface area contributed by atoms with Gasteiger partial charge in [0.25, 0.3) is 0 Å². The number of thioether (sulfide) groups is 1. The van der Waals surface area contributed by atoms with E-state index < -0.39 is 5.97 Å². The smallest absolute Gasteiger partial charge is 0.374 e. The van der Waals surface area contributed by atoms with Gasteiger partial charge in [-0.3, -0.25) is 0 Å². The lowest BCUT2D eigenvalue weighted by molar-refractivity contribution is 0.0506. The summed E-state index contributed by atoms with van der Waals surface area (Å²) in [5.41, 5.74) is 0. The zero-order chi connectivity index (χ0) is 12.8. The fraction of sp³-hybridized carbons (Fsp3) is 0.400. The molecular formula is C10H13N5O2S. The van der Waals surface area contributed by atoms with E-state index in [1.54, 1.807) is 41.8 Å². The number of ether oxygens (including phenoxy) is 1. The van der Waals surface area contributed by atoms with Gasteiger partial charge in [0, 0.05) is 24.7 Å². The van der Waals surface area contributed by atoms with Crippen molar-refractivity contribution in [2.45, 2.75) is 18.5 Å². The van der Waals surface area contributed by atoms with Crippen molar-refractivity contribution in [3.05, 3.63) is 24.4 Å². The Morgan fingerprint density at radius 2 is 2.50 bits per heavy atom. The minimum Gasteiger partial charge on any atom is -0.460 e. The van der Waals surface area contributed by atoms with E-state index >= 15 is 0 Å². The van der Waals surface area contributed by atoms with Gasteiger partial charge in [-0.1, -0.05) is 0 Å². The maximum Gasteiger partial charge on any atom is 0.374 e. The van der Waals surface area contributed by atoms with Gasteiger partial charge in [0.2, 0.25) is 5.82 Å². The van der Waals surface area contributed by atoms with Crippen LogP contribution in [0.2, 0.25) is 0 Å².